The second-order valence-electron chi connectivity index (χ2n) is 7.03. The van der Waals surface area contributed by atoms with Crippen LogP contribution in [0, 0.1) is 0 Å². The van der Waals surface area contributed by atoms with Gasteiger partial charge in [0.1, 0.15) is 5.60 Å². The maximum Gasteiger partial charge on any atom is 0.412 e. The second kappa shape index (κ2) is 8.75. The number of rotatable bonds is 4. The van der Waals surface area contributed by atoms with Gasteiger partial charge in [-0.2, -0.15) is 0 Å². The number of amides is 3. The van der Waals surface area contributed by atoms with Crippen LogP contribution in [0.4, 0.5) is 21.9 Å². The first kappa shape index (κ1) is 21.2. The van der Waals surface area contributed by atoms with E-state index in [2.05, 4.69) is 16.0 Å². The van der Waals surface area contributed by atoms with E-state index < -0.39 is 11.7 Å². The van der Waals surface area contributed by atoms with Gasteiger partial charge < -0.3 is 15.4 Å². The first-order valence-corrected chi connectivity index (χ1v) is 8.90. The van der Waals surface area contributed by atoms with Gasteiger partial charge in [0.25, 0.3) is 5.91 Å². The van der Waals surface area contributed by atoms with Crippen LogP contribution in [0.15, 0.2) is 42.5 Å². The molecule has 0 radical (unpaired) electrons. The molecule has 2 aromatic rings. The van der Waals surface area contributed by atoms with E-state index >= 15 is 0 Å². The summed E-state index contributed by atoms with van der Waals surface area (Å²) in [5, 5.41) is 8.34. The van der Waals surface area contributed by atoms with Crippen LogP contribution < -0.4 is 16.0 Å². The Bertz CT molecular complexity index is 889. The molecule has 28 heavy (non-hydrogen) atoms. The Labute approximate surface area is 168 Å². The zero-order valence-corrected chi connectivity index (χ0v) is 16.8. The number of ether oxygens (including phenoxy) is 1. The van der Waals surface area contributed by atoms with Gasteiger partial charge in [0.15, 0.2) is 0 Å². The van der Waals surface area contributed by atoms with Gasteiger partial charge in [0.05, 0.1) is 11.4 Å². The van der Waals surface area contributed by atoms with Crippen LogP contribution in [-0.2, 0) is 9.53 Å². The molecule has 0 aliphatic heterocycles. The molecule has 148 valence electrons. The van der Waals surface area contributed by atoms with Crippen LogP contribution in [0.25, 0.3) is 0 Å². The van der Waals surface area contributed by atoms with Gasteiger partial charge in [0, 0.05) is 23.2 Å². The normalized spacial score (nSPS) is 10.8. The Kier molecular flexibility index (Phi) is 6.64. The Morgan fingerprint density at radius 1 is 0.893 bits per heavy atom. The summed E-state index contributed by atoms with van der Waals surface area (Å²) in [6.07, 6.45) is -0.662. The van der Waals surface area contributed by atoms with Gasteiger partial charge in [-0.1, -0.05) is 11.6 Å². The van der Waals surface area contributed by atoms with Crippen molar-refractivity contribution in [2.24, 2.45) is 0 Å². The van der Waals surface area contributed by atoms with E-state index in [1.165, 1.54) is 13.0 Å². The predicted molar refractivity (Wildman–Crippen MR) is 110 cm³/mol. The van der Waals surface area contributed by atoms with Crippen LogP contribution >= 0.6 is 11.6 Å². The highest BCUT2D eigenvalue weighted by Gasteiger charge is 2.18. The smallest absolute Gasteiger partial charge is 0.412 e. The number of halogens is 1. The minimum absolute atomic E-state index is 0.198. The topological polar surface area (TPSA) is 96.5 Å². The first-order valence-electron chi connectivity index (χ1n) is 8.52. The lowest BCUT2D eigenvalue weighted by Gasteiger charge is -2.20. The van der Waals surface area contributed by atoms with E-state index in [0.29, 0.717) is 27.6 Å². The zero-order valence-electron chi connectivity index (χ0n) is 16.1. The number of nitrogens with one attached hydrogen (secondary N) is 3. The fourth-order valence-electron chi connectivity index (χ4n) is 2.25. The summed E-state index contributed by atoms with van der Waals surface area (Å²) >= 11 is 6.01. The second-order valence-corrected chi connectivity index (χ2v) is 7.47. The zero-order chi connectivity index (χ0) is 20.9. The first-order chi connectivity index (χ1) is 13.0. The van der Waals surface area contributed by atoms with Gasteiger partial charge in [-0.05, 0) is 63.2 Å². The highest BCUT2D eigenvalue weighted by atomic mass is 35.5. The molecule has 0 aromatic heterocycles. The van der Waals surface area contributed by atoms with E-state index in [1.54, 1.807) is 57.2 Å². The SMILES string of the molecule is CC(=O)Nc1ccc(C(=O)Nc2ccc(Cl)cc2NC(=O)OC(C)(C)C)cc1. The third kappa shape index (κ3) is 6.59. The number of hydrogen-bond acceptors (Lipinski definition) is 4. The lowest BCUT2D eigenvalue weighted by molar-refractivity contribution is -0.114. The summed E-state index contributed by atoms with van der Waals surface area (Å²) in [7, 11) is 0. The largest absolute Gasteiger partial charge is 0.444 e. The average molecular weight is 404 g/mol. The molecular weight excluding hydrogens is 382 g/mol. The maximum absolute atomic E-state index is 12.5. The molecule has 8 heteroatoms. The van der Waals surface area contributed by atoms with Gasteiger partial charge in [0.2, 0.25) is 5.91 Å². The van der Waals surface area contributed by atoms with Crippen molar-refractivity contribution < 1.29 is 19.1 Å². The van der Waals surface area contributed by atoms with Gasteiger partial charge in [-0.25, -0.2) is 4.79 Å². The predicted octanol–water partition coefficient (Wildman–Crippen LogP) is 4.90. The Hall–Kier alpha value is -3.06. The van der Waals surface area contributed by atoms with Crippen LogP contribution in [0.3, 0.4) is 0 Å². The summed E-state index contributed by atoms with van der Waals surface area (Å²) < 4.78 is 5.23. The van der Waals surface area contributed by atoms with Crippen LogP contribution in [0.2, 0.25) is 5.02 Å². The molecule has 0 fully saturated rings. The molecule has 0 saturated carbocycles. The fourth-order valence-corrected chi connectivity index (χ4v) is 2.42. The van der Waals surface area contributed by atoms with E-state index in [0.717, 1.165) is 0 Å². The molecule has 0 spiro atoms. The molecule has 0 bridgehead atoms. The maximum atomic E-state index is 12.5. The highest BCUT2D eigenvalue weighted by molar-refractivity contribution is 6.31. The molecule has 0 aliphatic rings. The molecule has 2 aromatic carbocycles. The summed E-state index contributed by atoms with van der Waals surface area (Å²) in [5.74, 6) is -0.583. The number of carbonyl (C=O) groups excluding carboxylic acids is 3. The highest BCUT2D eigenvalue weighted by Crippen LogP contribution is 2.27. The Morgan fingerprint density at radius 3 is 2.11 bits per heavy atom. The van der Waals surface area contributed by atoms with E-state index in [9.17, 15) is 14.4 Å². The van der Waals surface area contributed by atoms with Crippen molar-refractivity contribution in [3.63, 3.8) is 0 Å². The lowest BCUT2D eigenvalue weighted by atomic mass is 10.1. The van der Waals surface area contributed by atoms with Gasteiger partial charge in [-0.3, -0.25) is 14.9 Å². The molecule has 2 rings (SSSR count). The Morgan fingerprint density at radius 2 is 1.54 bits per heavy atom. The monoisotopic (exact) mass is 403 g/mol. The summed E-state index contributed by atoms with van der Waals surface area (Å²) in [6, 6.07) is 11.1. The molecule has 0 heterocycles. The van der Waals surface area contributed by atoms with Gasteiger partial charge >= 0.3 is 6.09 Å². The standard InChI is InChI=1S/C20H22ClN3O4/c1-12(25)22-15-8-5-13(6-9-15)18(26)23-16-10-7-14(21)11-17(16)24-19(27)28-20(2,3)4/h5-11H,1-4H3,(H,22,25)(H,23,26)(H,24,27). The van der Waals surface area contributed by atoms with E-state index in [4.69, 9.17) is 16.3 Å². The summed E-state index contributed by atoms with van der Waals surface area (Å²) in [6.45, 7) is 6.65. The quantitative estimate of drug-likeness (QED) is 0.676. The number of anilines is 3. The molecule has 3 N–H and O–H groups in total. The molecule has 7 nitrogen and oxygen atoms in total. The van der Waals surface area contributed by atoms with Crippen molar-refractivity contribution in [3.05, 3.63) is 53.1 Å². The molecule has 3 amide bonds. The third-order valence-electron chi connectivity index (χ3n) is 3.33. The molecule has 0 aliphatic carbocycles. The molecular formula is C20H22ClN3O4. The lowest BCUT2D eigenvalue weighted by Crippen LogP contribution is -2.27. The number of hydrogen-bond donors (Lipinski definition) is 3. The van der Waals surface area contributed by atoms with Crippen LogP contribution in [-0.4, -0.2) is 23.5 Å². The van der Waals surface area contributed by atoms with Crippen molar-refractivity contribution in [2.45, 2.75) is 33.3 Å². The van der Waals surface area contributed by atoms with E-state index in [-0.39, 0.29) is 11.8 Å². The van der Waals surface area contributed by atoms with Crippen molar-refractivity contribution in [1.82, 2.24) is 0 Å². The van der Waals surface area contributed by atoms with Crippen molar-refractivity contribution in [2.75, 3.05) is 16.0 Å². The Balaban J connectivity index is 2.15. The molecule has 0 unspecified atom stereocenters. The van der Waals surface area contributed by atoms with Crippen molar-refractivity contribution in [3.8, 4) is 0 Å². The van der Waals surface area contributed by atoms with Gasteiger partial charge in [-0.15, -0.1) is 0 Å². The van der Waals surface area contributed by atoms with Crippen LogP contribution in [0.1, 0.15) is 38.1 Å². The minimum atomic E-state index is -0.665. The van der Waals surface area contributed by atoms with Crippen molar-refractivity contribution in [1.29, 1.82) is 0 Å². The van der Waals surface area contributed by atoms with Crippen LogP contribution in [0.5, 0.6) is 0 Å². The summed E-state index contributed by atoms with van der Waals surface area (Å²) in [5.41, 5.74) is 0.980. The molecule has 0 atom stereocenters. The number of benzene rings is 2. The van der Waals surface area contributed by atoms with Crippen molar-refractivity contribution >= 4 is 46.6 Å². The average Bonchev–Trinajstić information content (AvgIpc) is 2.55. The number of carbonyl (C=O) groups is 3. The minimum Gasteiger partial charge on any atom is -0.444 e. The summed E-state index contributed by atoms with van der Waals surface area (Å²) in [4.78, 5) is 35.6. The van der Waals surface area contributed by atoms with E-state index in [1.807, 2.05) is 0 Å². The third-order valence-corrected chi connectivity index (χ3v) is 3.57. The molecule has 0 saturated heterocycles. The fraction of sp³-hybridized carbons (Fsp3) is 0.250.